The second kappa shape index (κ2) is 8.18. The quantitative estimate of drug-likeness (QED) is 0.820. The molecule has 0 bridgehead atoms. The number of benzene rings is 1. The number of hydrogen-bond acceptors (Lipinski definition) is 5. The number of hydrogen-bond donors (Lipinski definition) is 2. The third kappa shape index (κ3) is 4.20. The second-order valence-electron chi connectivity index (χ2n) is 5.88. The topological polar surface area (TPSA) is 84.5 Å². The van der Waals surface area contributed by atoms with Crippen LogP contribution in [-0.4, -0.2) is 45.0 Å². The zero-order valence-corrected chi connectivity index (χ0v) is 15.9. The van der Waals surface area contributed by atoms with E-state index in [0.717, 1.165) is 17.6 Å². The van der Waals surface area contributed by atoms with Gasteiger partial charge in [0.2, 0.25) is 5.91 Å². The number of piperidine rings is 1. The van der Waals surface area contributed by atoms with Crippen molar-refractivity contribution < 1.29 is 17.9 Å². The molecule has 0 saturated carbocycles. The molecule has 1 fully saturated rings. The molecule has 0 spiro atoms. The smallest absolute Gasteiger partial charge is 0.245 e. The van der Waals surface area contributed by atoms with E-state index in [1.807, 2.05) is 19.9 Å². The fraction of sp³-hybridized carbons (Fsp3) is 0.562. The van der Waals surface area contributed by atoms with Crippen LogP contribution in [0.15, 0.2) is 18.2 Å². The van der Waals surface area contributed by atoms with E-state index in [0.29, 0.717) is 25.4 Å². The number of amides is 1. The van der Waals surface area contributed by atoms with Gasteiger partial charge in [-0.05, 0) is 63.5 Å². The molecule has 2 N–H and O–H groups in total. The van der Waals surface area contributed by atoms with Gasteiger partial charge in [0, 0.05) is 11.9 Å². The zero-order valence-electron chi connectivity index (χ0n) is 14.2. The highest BCUT2D eigenvalue weighted by Crippen LogP contribution is 2.30. The predicted molar refractivity (Wildman–Crippen MR) is 97.9 cm³/mol. The Bertz CT molecular complexity index is 685. The first kappa shape index (κ1) is 20.7. The van der Waals surface area contributed by atoms with Crippen molar-refractivity contribution in [3.8, 4) is 5.75 Å². The summed E-state index contributed by atoms with van der Waals surface area (Å²) in [4.78, 5) is 12.7. The maximum Gasteiger partial charge on any atom is 0.245 e. The molecule has 1 amide bonds. The van der Waals surface area contributed by atoms with Gasteiger partial charge in [-0.1, -0.05) is 0 Å². The van der Waals surface area contributed by atoms with Crippen molar-refractivity contribution in [1.29, 1.82) is 0 Å². The minimum Gasteiger partial charge on any atom is -0.494 e. The number of carbonyl (C=O) groups is 1. The highest BCUT2D eigenvalue weighted by Gasteiger charge is 2.48. The Hall–Kier alpha value is -1.31. The van der Waals surface area contributed by atoms with Crippen molar-refractivity contribution in [3.63, 3.8) is 0 Å². The van der Waals surface area contributed by atoms with Gasteiger partial charge in [0.1, 0.15) is 5.75 Å². The molecular formula is C16H25ClN2O4S. The first-order chi connectivity index (χ1) is 10.8. The maximum absolute atomic E-state index is 12.7. The Kier molecular flexibility index (Phi) is 7.07. The molecule has 1 saturated heterocycles. The monoisotopic (exact) mass is 376 g/mol. The number of anilines is 1. The summed E-state index contributed by atoms with van der Waals surface area (Å²) in [5.74, 6) is 0.274. The second-order valence-corrected chi connectivity index (χ2v) is 8.21. The molecule has 6 nitrogen and oxygen atoms in total. The molecule has 2 rings (SSSR count). The van der Waals surface area contributed by atoms with Gasteiger partial charge in [0.05, 0.1) is 6.61 Å². The van der Waals surface area contributed by atoms with Crippen LogP contribution in [-0.2, 0) is 14.6 Å². The minimum absolute atomic E-state index is 0. The third-order valence-electron chi connectivity index (χ3n) is 4.29. The van der Waals surface area contributed by atoms with Gasteiger partial charge in [0.15, 0.2) is 14.6 Å². The van der Waals surface area contributed by atoms with Crippen LogP contribution in [0.1, 0.15) is 25.3 Å². The Morgan fingerprint density at radius 3 is 2.46 bits per heavy atom. The summed E-state index contributed by atoms with van der Waals surface area (Å²) in [5, 5.41) is 5.90. The van der Waals surface area contributed by atoms with Crippen molar-refractivity contribution in [2.45, 2.75) is 31.4 Å². The zero-order chi connectivity index (χ0) is 17.1. The van der Waals surface area contributed by atoms with E-state index in [4.69, 9.17) is 4.74 Å². The first-order valence-corrected chi connectivity index (χ1v) is 9.64. The van der Waals surface area contributed by atoms with Crippen molar-refractivity contribution >= 4 is 33.8 Å². The number of halogens is 1. The van der Waals surface area contributed by atoms with E-state index in [-0.39, 0.29) is 25.2 Å². The summed E-state index contributed by atoms with van der Waals surface area (Å²) in [6.45, 7) is 5.35. The molecule has 1 aliphatic rings. The van der Waals surface area contributed by atoms with Crippen molar-refractivity contribution in [1.82, 2.24) is 5.32 Å². The average molecular weight is 377 g/mol. The van der Waals surface area contributed by atoms with E-state index in [1.165, 1.54) is 0 Å². The standard InChI is InChI=1S/C16H24N2O4S.ClH/c1-4-22-13-5-6-14(12(2)11-13)18-15(19)16(23(3,20)21)7-9-17-10-8-16;/h5-6,11,17H,4,7-10H2,1-3H3,(H,18,19);1H. The van der Waals surface area contributed by atoms with Gasteiger partial charge >= 0.3 is 0 Å². The van der Waals surface area contributed by atoms with Crippen LogP contribution < -0.4 is 15.4 Å². The number of rotatable bonds is 5. The lowest BCUT2D eigenvalue weighted by molar-refractivity contribution is -0.119. The normalized spacial score (nSPS) is 16.8. The van der Waals surface area contributed by atoms with Crippen LogP contribution in [0.2, 0.25) is 0 Å². The largest absolute Gasteiger partial charge is 0.494 e. The van der Waals surface area contributed by atoms with Crippen LogP contribution in [0.3, 0.4) is 0 Å². The highest BCUT2D eigenvalue weighted by atomic mass is 35.5. The molecule has 24 heavy (non-hydrogen) atoms. The van der Waals surface area contributed by atoms with Gasteiger partial charge in [-0.25, -0.2) is 8.42 Å². The molecule has 1 heterocycles. The van der Waals surface area contributed by atoms with Crippen LogP contribution in [0, 0.1) is 6.92 Å². The van der Waals surface area contributed by atoms with E-state index < -0.39 is 20.5 Å². The number of carbonyl (C=O) groups excluding carboxylic acids is 1. The number of nitrogens with one attached hydrogen (secondary N) is 2. The summed E-state index contributed by atoms with van der Waals surface area (Å²) in [6.07, 6.45) is 1.71. The van der Waals surface area contributed by atoms with Gasteiger partial charge in [0.25, 0.3) is 0 Å². The Morgan fingerprint density at radius 2 is 1.96 bits per heavy atom. The molecule has 0 aliphatic carbocycles. The summed E-state index contributed by atoms with van der Waals surface area (Å²) < 4.78 is 28.6. The molecule has 1 aliphatic heterocycles. The van der Waals surface area contributed by atoms with E-state index >= 15 is 0 Å². The molecule has 0 unspecified atom stereocenters. The van der Waals surface area contributed by atoms with Crippen LogP contribution in [0.5, 0.6) is 5.75 Å². The SMILES string of the molecule is CCOc1ccc(NC(=O)C2(S(C)(=O)=O)CCNCC2)c(C)c1.Cl. The number of ether oxygens (including phenoxy) is 1. The molecular weight excluding hydrogens is 352 g/mol. The minimum atomic E-state index is -3.51. The lowest BCUT2D eigenvalue weighted by atomic mass is 9.95. The summed E-state index contributed by atoms with van der Waals surface area (Å²) in [6, 6.07) is 5.34. The highest BCUT2D eigenvalue weighted by molar-refractivity contribution is 7.92. The third-order valence-corrected chi connectivity index (χ3v) is 6.31. The molecule has 0 aromatic heterocycles. The van der Waals surface area contributed by atoms with E-state index in [1.54, 1.807) is 12.1 Å². The number of aryl methyl sites for hydroxylation is 1. The van der Waals surface area contributed by atoms with Crippen molar-refractivity contribution in [2.24, 2.45) is 0 Å². The van der Waals surface area contributed by atoms with Gasteiger partial charge in [-0.3, -0.25) is 4.79 Å². The molecule has 0 atom stereocenters. The molecule has 1 aromatic carbocycles. The summed E-state index contributed by atoms with van der Waals surface area (Å²) in [7, 11) is -3.51. The van der Waals surface area contributed by atoms with Gasteiger partial charge < -0.3 is 15.4 Å². The summed E-state index contributed by atoms with van der Waals surface area (Å²) in [5.41, 5.74) is 1.45. The predicted octanol–water partition coefficient (Wildman–Crippen LogP) is 1.92. The molecule has 0 radical (unpaired) electrons. The van der Waals surface area contributed by atoms with Crippen LogP contribution >= 0.6 is 12.4 Å². The van der Waals surface area contributed by atoms with Crippen molar-refractivity contribution in [2.75, 3.05) is 31.3 Å². The average Bonchev–Trinajstić information content (AvgIpc) is 2.50. The maximum atomic E-state index is 12.7. The van der Waals surface area contributed by atoms with Gasteiger partial charge in [-0.15, -0.1) is 12.4 Å². The molecule has 8 heteroatoms. The Balaban J connectivity index is 0.00000288. The van der Waals surface area contributed by atoms with E-state index in [9.17, 15) is 13.2 Å². The van der Waals surface area contributed by atoms with Crippen molar-refractivity contribution in [3.05, 3.63) is 23.8 Å². The lowest BCUT2D eigenvalue weighted by Gasteiger charge is -2.34. The Labute approximate surface area is 149 Å². The summed E-state index contributed by atoms with van der Waals surface area (Å²) >= 11 is 0. The van der Waals surface area contributed by atoms with Gasteiger partial charge in [-0.2, -0.15) is 0 Å². The lowest BCUT2D eigenvalue weighted by Crippen LogP contribution is -2.55. The van der Waals surface area contributed by atoms with E-state index in [2.05, 4.69) is 10.6 Å². The molecule has 1 aromatic rings. The first-order valence-electron chi connectivity index (χ1n) is 7.75. The van der Waals surface area contributed by atoms with Crippen LogP contribution in [0.25, 0.3) is 0 Å². The Morgan fingerprint density at radius 1 is 1.33 bits per heavy atom. The molecule has 136 valence electrons. The fourth-order valence-corrected chi connectivity index (χ4v) is 4.20. The van der Waals surface area contributed by atoms with Crippen LogP contribution in [0.4, 0.5) is 5.69 Å². The number of sulfone groups is 1. The fourth-order valence-electron chi connectivity index (χ4n) is 2.87.